The number of hydrogen-bond donors (Lipinski definition) is 4. The second-order valence-corrected chi connectivity index (χ2v) is 9.24. The number of anilines is 1. The van der Waals surface area contributed by atoms with Crippen molar-refractivity contribution < 1.29 is 4.39 Å². The molecule has 0 amide bonds. The van der Waals surface area contributed by atoms with Gasteiger partial charge in [0.05, 0.1) is 5.69 Å². The number of benzene rings is 2. The van der Waals surface area contributed by atoms with E-state index in [-0.39, 0.29) is 5.82 Å². The van der Waals surface area contributed by atoms with E-state index >= 15 is 0 Å². The van der Waals surface area contributed by atoms with E-state index < -0.39 is 5.41 Å². The summed E-state index contributed by atoms with van der Waals surface area (Å²) in [5.74, 6) is -0.295. The number of halogens is 1. The van der Waals surface area contributed by atoms with Gasteiger partial charge in [-0.15, -0.1) is 12.6 Å². The highest BCUT2D eigenvalue weighted by molar-refractivity contribution is 7.80. The van der Waals surface area contributed by atoms with Crippen LogP contribution < -0.4 is 11.1 Å². The van der Waals surface area contributed by atoms with Crippen molar-refractivity contribution in [2.75, 3.05) is 11.9 Å². The van der Waals surface area contributed by atoms with Crippen molar-refractivity contribution in [3.63, 3.8) is 0 Å². The minimum Gasteiger partial charge on any atom is -0.355 e. The van der Waals surface area contributed by atoms with E-state index in [2.05, 4.69) is 47.7 Å². The molecule has 0 saturated carbocycles. The Labute approximate surface area is 211 Å². The molecule has 0 aliphatic heterocycles. The first kappa shape index (κ1) is 24.6. The molecular weight excluding hydrogens is 455 g/mol. The maximum absolute atomic E-state index is 13.4. The lowest BCUT2D eigenvalue weighted by Gasteiger charge is -2.42. The molecule has 0 saturated heterocycles. The van der Waals surface area contributed by atoms with Crippen molar-refractivity contribution in [3.05, 3.63) is 119 Å². The quantitative estimate of drug-likeness (QED) is 0.208. The largest absolute Gasteiger partial charge is 0.355 e. The number of pyridine rings is 1. The molecule has 35 heavy (non-hydrogen) atoms. The molecule has 1 aliphatic carbocycles. The Hall–Kier alpha value is -3.48. The summed E-state index contributed by atoms with van der Waals surface area (Å²) in [5, 5.41) is 11.6. The van der Waals surface area contributed by atoms with Crippen LogP contribution >= 0.6 is 12.6 Å². The van der Waals surface area contributed by atoms with E-state index in [4.69, 9.17) is 11.1 Å². The number of nitrogens with one attached hydrogen (secondary N) is 2. The number of nitrogens with two attached hydrogens (primary N) is 1. The molecule has 6 heteroatoms. The summed E-state index contributed by atoms with van der Waals surface area (Å²) in [6.45, 7) is 5.01. The predicted molar refractivity (Wildman–Crippen MR) is 145 cm³/mol. The van der Waals surface area contributed by atoms with Gasteiger partial charge in [-0.2, -0.15) is 0 Å². The van der Waals surface area contributed by atoms with Gasteiger partial charge >= 0.3 is 0 Å². The van der Waals surface area contributed by atoms with Crippen LogP contribution in [0.3, 0.4) is 0 Å². The Morgan fingerprint density at radius 1 is 1.17 bits per heavy atom. The summed E-state index contributed by atoms with van der Waals surface area (Å²) < 4.78 is 13.4. The summed E-state index contributed by atoms with van der Waals surface area (Å²) in [7, 11) is 0. The Morgan fingerprint density at radius 2 is 1.97 bits per heavy atom. The first-order valence-electron chi connectivity index (χ1n) is 11.5. The van der Waals surface area contributed by atoms with Gasteiger partial charge in [0.25, 0.3) is 0 Å². The molecule has 178 valence electrons. The van der Waals surface area contributed by atoms with Crippen molar-refractivity contribution >= 4 is 30.1 Å². The van der Waals surface area contributed by atoms with Gasteiger partial charge in [0, 0.05) is 34.1 Å². The molecule has 4 N–H and O–H groups in total. The molecule has 4 rings (SSSR count). The van der Waals surface area contributed by atoms with Crippen molar-refractivity contribution in [3.8, 4) is 0 Å². The van der Waals surface area contributed by atoms with Crippen molar-refractivity contribution in [1.82, 2.24) is 4.98 Å². The average Bonchev–Trinajstić information content (AvgIpc) is 2.87. The van der Waals surface area contributed by atoms with Crippen LogP contribution in [0.1, 0.15) is 24.1 Å². The molecule has 0 spiro atoms. The minimum absolute atomic E-state index is 0.295. The average molecular weight is 485 g/mol. The van der Waals surface area contributed by atoms with E-state index in [1.54, 1.807) is 18.3 Å². The zero-order valence-electron chi connectivity index (χ0n) is 19.5. The zero-order chi connectivity index (χ0) is 24.8. The van der Waals surface area contributed by atoms with Gasteiger partial charge in [-0.25, -0.2) is 4.39 Å². The Bertz CT molecular complexity index is 1280. The second-order valence-electron chi connectivity index (χ2n) is 8.72. The highest BCUT2D eigenvalue weighted by Gasteiger charge is 2.41. The standard InChI is InChI=1S/C29H29FN4S/c1-20(27-7-2-3-14-33-27)29(17-21-5-4-6-26(35)15-21)18-22(19-32)28(16-23(29)12-13-31)34-25-10-8-24(30)9-11-25/h2-11,14-16,19,32,34-35H,1,12-13,17-18,31H2. The number of rotatable bonds is 9. The summed E-state index contributed by atoms with van der Waals surface area (Å²) in [4.78, 5) is 5.49. The highest BCUT2D eigenvalue weighted by atomic mass is 32.1. The van der Waals surface area contributed by atoms with Crippen LogP contribution in [-0.4, -0.2) is 17.7 Å². The number of aromatic nitrogens is 1. The van der Waals surface area contributed by atoms with Gasteiger partial charge in [0.15, 0.2) is 0 Å². The lowest BCUT2D eigenvalue weighted by molar-refractivity contribution is 0.451. The third kappa shape index (κ3) is 5.45. The van der Waals surface area contributed by atoms with Crippen LogP contribution in [0.4, 0.5) is 10.1 Å². The molecule has 1 aliphatic rings. The van der Waals surface area contributed by atoms with Crippen molar-refractivity contribution in [1.29, 1.82) is 5.41 Å². The molecule has 1 heterocycles. The first-order valence-corrected chi connectivity index (χ1v) is 12.0. The summed E-state index contributed by atoms with van der Waals surface area (Å²) >= 11 is 4.55. The summed E-state index contributed by atoms with van der Waals surface area (Å²) in [6.07, 6.45) is 7.12. The lowest BCUT2D eigenvalue weighted by Crippen LogP contribution is -2.33. The molecule has 0 radical (unpaired) electrons. The van der Waals surface area contributed by atoms with Gasteiger partial charge in [-0.05, 0) is 97.1 Å². The fourth-order valence-corrected chi connectivity index (χ4v) is 4.98. The predicted octanol–water partition coefficient (Wildman–Crippen LogP) is 6.45. The fourth-order valence-electron chi connectivity index (χ4n) is 4.72. The Kier molecular flexibility index (Phi) is 7.63. The number of nitrogens with zero attached hydrogens (tertiary/aromatic N) is 1. The van der Waals surface area contributed by atoms with Gasteiger partial charge in [-0.1, -0.05) is 30.4 Å². The zero-order valence-corrected chi connectivity index (χ0v) is 20.4. The van der Waals surface area contributed by atoms with E-state index in [9.17, 15) is 4.39 Å². The van der Waals surface area contributed by atoms with Gasteiger partial charge < -0.3 is 16.5 Å². The Morgan fingerprint density at radius 3 is 2.63 bits per heavy atom. The smallest absolute Gasteiger partial charge is 0.123 e. The summed E-state index contributed by atoms with van der Waals surface area (Å²) in [5.41, 5.74) is 11.9. The topological polar surface area (TPSA) is 74.8 Å². The van der Waals surface area contributed by atoms with Crippen LogP contribution in [-0.2, 0) is 6.42 Å². The SMILES string of the molecule is C=C(c1ccccn1)C1(Cc2cccc(S)c2)CC(C=N)=C(Nc2ccc(F)cc2)C=C1CCN. The van der Waals surface area contributed by atoms with Gasteiger partial charge in [0.1, 0.15) is 5.82 Å². The van der Waals surface area contributed by atoms with Gasteiger partial charge in [-0.3, -0.25) is 4.98 Å². The van der Waals surface area contributed by atoms with E-state index in [0.29, 0.717) is 25.8 Å². The van der Waals surface area contributed by atoms with Crippen LogP contribution in [0, 0.1) is 16.6 Å². The number of allylic oxidation sites excluding steroid dienone is 3. The molecular formula is C29H29FN4S. The highest BCUT2D eigenvalue weighted by Crippen LogP contribution is 2.51. The number of hydrogen-bond acceptors (Lipinski definition) is 5. The van der Waals surface area contributed by atoms with Crippen LogP contribution in [0.2, 0.25) is 0 Å². The Balaban J connectivity index is 1.83. The normalized spacial score (nSPS) is 17.6. The van der Waals surface area contributed by atoms with Crippen LogP contribution in [0.15, 0.2) is 107 Å². The maximum atomic E-state index is 13.4. The molecule has 3 aromatic rings. The molecule has 2 aromatic carbocycles. The maximum Gasteiger partial charge on any atom is 0.123 e. The van der Waals surface area contributed by atoms with Crippen molar-refractivity contribution in [2.45, 2.75) is 24.2 Å². The van der Waals surface area contributed by atoms with E-state index in [1.807, 2.05) is 30.3 Å². The molecule has 0 bridgehead atoms. The number of thiol groups is 1. The third-order valence-electron chi connectivity index (χ3n) is 6.45. The second kappa shape index (κ2) is 10.8. The van der Waals surface area contributed by atoms with Crippen LogP contribution in [0.5, 0.6) is 0 Å². The lowest BCUT2D eigenvalue weighted by atomic mass is 9.62. The molecule has 1 unspecified atom stereocenters. The molecule has 4 nitrogen and oxygen atoms in total. The molecule has 1 aromatic heterocycles. The first-order chi connectivity index (χ1) is 16.9. The van der Waals surface area contributed by atoms with Crippen LogP contribution in [0.25, 0.3) is 5.57 Å². The molecule has 0 fully saturated rings. The minimum atomic E-state index is -0.518. The third-order valence-corrected chi connectivity index (χ3v) is 6.73. The monoisotopic (exact) mass is 484 g/mol. The van der Waals surface area contributed by atoms with E-state index in [1.165, 1.54) is 18.3 Å². The fraction of sp³-hybridized carbons (Fsp3) is 0.172. The van der Waals surface area contributed by atoms with Gasteiger partial charge in [0.2, 0.25) is 0 Å². The molecule has 1 atom stereocenters. The van der Waals surface area contributed by atoms with E-state index in [0.717, 1.165) is 44.3 Å². The van der Waals surface area contributed by atoms with Crippen molar-refractivity contribution in [2.24, 2.45) is 11.1 Å². The summed E-state index contributed by atoms with van der Waals surface area (Å²) in [6, 6.07) is 20.1.